The van der Waals surface area contributed by atoms with Crippen molar-refractivity contribution in [3.8, 4) is 0 Å². The molecule has 0 saturated carbocycles. The molecule has 2 heterocycles. The summed E-state index contributed by atoms with van der Waals surface area (Å²) in [6, 6.07) is 14.7. The van der Waals surface area contributed by atoms with Crippen molar-refractivity contribution in [1.82, 2.24) is 10.2 Å². The molecule has 2 aromatic rings. The van der Waals surface area contributed by atoms with Gasteiger partial charge in [0.05, 0.1) is 4.88 Å². The summed E-state index contributed by atoms with van der Waals surface area (Å²) >= 11 is 1.63. The highest BCUT2D eigenvalue weighted by Gasteiger charge is 2.21. The van der Waals surface area contributed by atoms with Gasteiger partial charge in [0.15, 0.2) is 0 Å². The van der Waals surface area contributed by atoms with Crippen molar-refractivity contribution in [1.29, 1.82) is 0 Å². The summed E-state index contributed by atoms with van der Waals surface area (Å²) in [6.07, 6.45) is 6.52. The first kappa shape index (κ1) is 19.7. The molecule has 1 N–H and O–H groups in total. The van der Waals surface area contributed by atoms with Crippen LogP contribution in [0.4, 0.5) is 0 Å². The first-order chi connectivity index (χ1) is 11.8. The van der Waals surface area contributed by atoms with Crippen LogP contribution in [-0.4, -0.2) is 30.4 Å². The van der Waals surface area contributed by atoms with Gasteiger partial charge in [-0.3, -0.25) is 4.79 Å². The van der Waals surface area contributed by atoms with Crippen LogP contribution >= 0.6 is 23.7 Å². The van der Waals surface area contributed by atoms with Crippen LogP contribution in [0.5, 0.6) is 0 Å². The lowest BCUT2D eigenvalue weighted by Gasteiger charge is -2.18. The smallest absolute Gasteiger partial charge is 0.264 e. The summed E-state index contributed by atoms with van der Waals surface area (Å²) in [6.45, 7) is 4.46. The van der Waals surface area contributed by atoms with Crippen molar-refractivity contribution >= 4 is 35.7 Å². The second kappa shape index (κ2) is 9.76. The molecule has 1 aliphatic rings. The average Bonchev–Trinajstić information content (AvgIpc) is 3.30. The van der Waals surface area contributed by atoms with E-state index in [9.17, 15) is 4.79 Å². The molecule has 1 saturated heterocycles. The van der Waals surface area contributed by atoms with E-state index in [-0.39, 0.29) is 18.3 Å². The number of benzene rings is 1. The van der Waals surface area contributed by atoms with Crippen LogP contribution in [0.15, 0.2) is 48.5 Å². The zero-order valence-electron chi connectivity index (χ0n) is 14.5. The molecule has 1 amide bonds. The van der Waals surface area contributed by atoms with Gasteiger partial charge in [0, 0.05) is 24.0 Å². The molecule has 0 radical (unpaired) electrons. The number of likely N-dealkylation sites (N-methyl/N-ethyl adjacent to an activating group) is 1. The van der Waals surface area contributed by atoms with E-state index in [0.717, 1.165) is 17.0 Å². The molecule has 1 aromatic carbocycles. The number of hydrogen-bond donors (Lipinski definition) is 1. The first-order valence-electron chi connectivity index (χ1n) is 8.62. The summed E-state index contributed by atoms with van der Waals surface area (Å²) in [5.41, 5.74) is 1.16. The minimum Gasteiger partial charge on any atom is -0.334 e. The quantitative estimate of drug-likeness (QED) is 0.787. The summed E-state index contributed by atoms with van der Waals surface area (Å²) in [7, 11) is 0. The molecule has 134 valence electrons. The molecule has 1 aromatic heterocycles. The molecule has 25 heavy (non-hydrogen) atoms. The zero-order valence-corrected chi connectivity index (χ0v) is 16.1. The van der Waals surface area contributed by atoms with Gasteiger partial charge in [-0.2, -0.15) is 0 Å². The predicted octanol–water partition coefficient (Wildman–Crippen LogP) is 4.77. The summed E-state index contributed by atoms with van der Waals surface area (Å²) in [4.78, 5) is 16.7. The molecule has 1 atom stereocenters. The molecule has 1 fully saturated rings. The lowest BCUT2D eigenvalue weighted by atomic mass is 10.2. The van der Waals surface area contributed by atoms with Crippen LogP contribution in [0.2, 0.25) is 0 Å². The fourth-order valence-corrected chi connectivity index (χ4v) is 4.06. The van der Waals surface area contributed by atoms with Crippen molar-refractivity contribution in [3.05, 3.63) is 63.9 Å². The van der Waals surface area contributed by atoms with Crippen LogP contribution in [0, 0.1) is 0 Å². The van der Waals surface area contributed by atoms with Crippen LogP contribution in [0.25, 0.3) is 6.08 Å². The standard InChI is InChI=1S/C20H24N2OS.ClH/c1-2-22(15-7-10-16-8-4-3-5-9-16)20(23)19-13-12-18(24-19)17-11-6-14-21-17;/h3-5,7-10,12-13,17,21H,2,6,11,14-15H2,1H3;1H/b10-7+;. The molecule has 0 bridgehead atoms. The number of thiophene rings is 1. The molecule has 0 aliphatic carbocycles. The van der Waals surface area contributed by atoms with Gasteiger partial charge < -0.3 is 10.2 Å². The zero-order chi connectivity index (χ0) is 16.8. The fourth-order valence-electron chi connectivity index (χ4n) is 2.97. The van der Waals surface area contributed by atoms with E-state index >= 15 is 0 Å². The second-order valence-corrected chi connectivity index (χ2v) is 7.12. The Morgan fingerprint density at radius 2 is 2.08 bits per heavy atom. The average molecular weight is 377 g/mol. The normalized spacial score (nSPS) is 16.8. The van der Waals surface area contributed by atoms with Crippen molar-refractivity contribution in [3.63, 3.8) is 0 Å². The van der Waals surface area contributed by atoms with Crippen molar-refractivity contribution in [2.75, 3.05) is 19.6 Å². The van der Waals surface area contributed by atoms with E-state index in [1.807, 2.05) is 36.1 Å². The summed E-state index contributed by atoms with van der Waals surface area (Å²) in [5, 5.41) is 3.50. The van der Waals surface area contributed by atoms with Gasteiger partial charge in [0.1, 0.15) is 0 Å². The van der Waals surface area contributed by atoms with Crippen LogP contribution in [0.1, 0.15) is 45.9 Å². The third-order valence-corrected chi connectivity index (χ3v) is 5.53. The van der Waals surface area contributed by atoms with Gasteiger partial charge >= 0.3 is 0 Å². The van der Waals surface area contributed by atoms with E-state index in [0.29, 0.717) is 19.1 Å². The van der Waals surface area contributed by atoms with Crippen molar-refractivity contribution < 1.29 is 4.79 Å². The number of carbonyl (C=O) groups excluding carboxylic acids is 1. The third kappa shape index (κ3) is 5.18. The van der Waals surface area contributed by atoms with Gasteiger partial charge in [-0.1, -0.05) is 42.5 Å². The molecule has 3 nitrogen and oxygen atoms in total. The van der Waals surface area contributed by atoms with Gasteiger partial charge in [0.2, 0.25) is 0 Å². The largest absolute Gasteiger partial charge is 0.334 e. The van der Waals surface area contributed by atoms with Crippen molar-refractivity contribution in [2.45, 2.75) is 25.8 Å². The van der Waals surface area contributed by atoms with Crippen LogP contribution in [-0.2, 0) is 0 Å². The molecule has 5 heteroatoms. The Hall–Kier alpha value is -1.62. The number of nitrogens with zero attached hydrogens (tertiary/aromatic N) is 1. The van der Waals surface area contributed by atoms with Crippen LogP contribution < -0.4 is 5.32 Å². The third-order valence-electron chi connectivity index (χ3n) is 4.35. The highest BCUT2D eigenvalue weighted by Crippen LogP contribution is 2.29. The Morgan fingerprint density at radius 3 is 2.76 bits per heavy atom. The maximum absolute atomic E-state index is 12.7. The minimum atomic E-state index is 0. The van der Waals surface area contributed by atoms with E-state index in [1.165, 1.54) is 17.7 Å². The number of carbonyl (C=O) groups is 1. The predicted molar refractivity (Wildman–Crippen MR) is 109 cm³/mol. The Kier molecular flexibility index (Phi) is 7.69. The molecule has 1 unspecified atom stereocenters. The Balaban J connectivity index is 0.00000225. The minimum absolute atomic E-state index is 0. The van der Waals surface area contributed by atoms with E-state index in [1.54, 1.807) is 11.3 Å². The van der Waals surface area contributed by atoms with E-state index < -0.39 is 0 Å². The highest BCUT2D eigenvalue weighted by atomic mass is 35.5. The Morgan fingerprint density at radius 1 is 1.28 bits per heavy atom. The van der Waals surface area contributed by atoms with Crippen LogP contribution in [0.3, 0.4) is 0 Å². The SMILES string of the molecule is CCN(C/C=C/c1ccccc1)C(=O)c1ccc(C2CCCN2)s1.Cl. The fraction of sp³-hybridized carbons (Fsp3) is 0.350. The Bertz CT molecular complexity index is 693. The topological polar surface area (TPSA) is 32.3 Å². The molecule has 1 aliphatic heterocycles. The van der Waals surface area contributed by atoms with Gasteiger partial charge in [0.25, 0.3) is 5.91 Å². The monoisotopic (exact) mass is 376 g/mol. The molecular weight excluding hydrogens is 352 g/mol. The second-order valence-electron chi connectivity index (χ2n) is 6.01. The number of halogens is 1. The van der Waals surface area contributed by atoms with Gasteiger partial charge in [-0.05, 0) is 44.0 Å². The lowest BCUT2D eigenvalue weighted by Crippen LogP contribution is -2.30. The van der Waals surface area contributed by atoms with E-state index in [4.69, 9.17) is 0 Å². The van der Waals surface area contributed by atoms with Crippen molar-refractivity contribution in [2.24, 2.45) is 0 Å². The van der Waals surface area contributed by atoms with Gasteiger partial charge in [-0.15, -0.1) is 23.7 Å². The number of hydrogen-bond acceptors (Lipinski definition) is 3. The molecule has 0 spiro atoms. The summed E-state index contributed by atoms with van der Waals surface area (Å²) in [5.74, 6) is 0.129. The Labute approximate surface area is 160 Å². The summed E-state index contributed by atoms with van der Waals surface area (Å²) < 4.78 is 0. The molecule has 3 rings (SSSR count). The van der Waals surface area contributed by atoms with E-state index in [2.05, 4.69) is 35.7 Å². The number of amides is 1. The first-order valence-corrected chi connectivity index (χ1v) is 9.43. The number of rotatable bonds is 6. The maximum atomic E-state index is 12.7. The highest BCUT2D eigenvalue weighted by molar-refractivity contribution is 7.14. The number of nitrogens with one attached hydrogen (secondary N) is 1. The van der Waals surface area contributed by atoms with Gasteiger partial charge in [-0.25, -0.2) is 0 Å². The molecular formula is C20H25ClN2OS. The maximum Gasteiger partial charge on any atom is 0.264 e. The lowest BCUT2D eigenvalue weighted by molar-refractivity contribution is 0.0787.